The Bertz CT molecular complexity index is 1590. The fourth-order valence-corrected chi connectivity index (χ4v) is 10.6. The van der Waals surface area contributed by atoms with Crippen molar-refractivity contribution in [2.45, 2.75) is 60.1 Å². The first-order valence-corrected chi connectivity index (χ1v) is 17.0. The van der Waals surface area contributed by atoms with E-state index in [-0.39, 0.29) is 52.9 Å². The lowest BCUT2D eigenvalue weighted by molar-refractivity contribution is -0.176. The van der Waals surface area contributed by atoms with Gasteiger partial charge in [0.05, 0.1) is 32.6 Å². The molecule has 15 heteroatoms. The zero-order chi connectivity index (χ0) is 30.6. The third-order valence-electron chi connectivity index (χ3n) is 8.81. The summed E-state index contributed by atoms with van der Waals surface area (Å²) < 4.78 is 79.7. The Morgan fingerprint density at radius 3 is 2.36 bits per heavy atom. The molecular formula is C27H31ClF2N2O8S2. The summed E-state index contributed by atoms with van der Waals surface area (Å²) in [6, 6.07) is 6.41. The molecule has 0 aromatic heterocycles. The number of rotatable bonds is 8. The molecule has 4 N–H and O–H groups in total. The molecule has 2 aromatic rings. The van der Waals surface area contributed by atoms with Gasteiger partial charge in [0.15, 0.2) is 21.5 Å². The Kier molecular flexibility index (Phi) is 8.46. The molecule has 2 saturated carbocycles. The number of halogens is 3. The molecule has 10 nitrogen and oxygen atoms in total. The topological polar surface area (TPSA) is 161 Å². The highest BCUT2D eigenvalue weighted by molar-refractivity contribution is 7.92. The molecule has 42 heavy (non-hydrogen) atoms. The number of aliphatic hydroxyl groups excluding tert-OH is 2. The van der Waals surface area contributed by atoms with Crippen LogP contribution in [0.25, 0.3) is 0 Å². The van der Waals surface area contributed by atoms with Gasteiger partial charge < -0.3 is 20.6 Å². The molecule has 0 spiro atoms. The van der Waals surface area contributed by atoms with Crippen LogP contribution in [-0.4, -0.2) is 84.3 Å². The smallest absolute Gasteiger partial charge is 0.255 e. The summed E-state index contributed by atoms with van der Waals surface area (Å²) in [4.78, 5) is 12.5. The van der Waals surface area contributed by atoms with Crippen LogP contribution in [-0.2, 0) is 19.9 Å². The normalized spacial score (nSPS) is 28.9. The van der Waals surface area contributed by atoms with E-state index in [2.05, 4.69) is 5.32 Å². The maximum atomic E-state index is 13.8. The molecule has 1 heterocycles. The molecule has 1 amide bonds. The first-order valence-electron chi connectivity index (χ1n) is 13.5. The first kappa shape index (κ1) is 31.2. The summed E-state index contributed by atoms with van der Waals surface area (Å²) in [5, 5.41) is 34.6. The summed E-state index contributed by atoms with van der Waals surface area (Å²) in [7, 11) is -7.70. The van der Waals surface area contributed by atoms with Gasteiger partial charge in [0.25, 0.3) is 5.91 Å². The van der Waals surface area contributed by atoms with E-state index in [0.717, 1.165) is 28.6 Å². The summed E-state index contributed by atoms with van der Waals surface area (Å²) in [5.41, 5.74) is -1.94. The van der Waals surface area contributed by atoms with Crippen molar-refractivity contribution in [3.05, 3.63) is 58.6 Å². The van der Waals surface area contributed by atoms with Crippen molar-refractivity contribution in [3.63, 3.8) is 0 Å². The van der Waals surface area contributed by atoms with E-state index in [0.29, 0.717) is 19.3 Å². The summed E-state index contributed by atoms with van der Waals surface area (Å²) in [5.74, 6) is -4.49. The van der Waals surface area contributed by atoms with Gasteiger partial charge in [-0.25, -0.2) is 25.6 Å². The van der Waals surface area contributed by atoms with Crippen molar-refractivity contribution < 1.29 is 45.7 Å². The number of aliphatic hydroxyl groups is 3. The quantitative estimate of drug-likeness (QED) is 0.339. The Morgan fingerprint density at radius 1 is 1.10 bits per heavy atom. The lowest BCUT2D eigenvalue weighted by atomic mass is 9.70. The number of sulfonamides is 1. The predicted octanol–water partition coefficient (Wildman–Crippen LogP) is 2.32. The van der Waals surface area contributed by atoms with E-state index in [1.165, 1.54) is 12.1 Å². The number of hydrogen-bond donors (Lipinski definition) is 4. The number of β-amino-alcohol motifs (C(OH)–C–C–N with tert-alkyl or cyclic N) is 1. The van der Waals surface area contributed by atoms with Gasteiger partial charge in [-0.1, -0.05) is 11.6 Å². The standard InChI is InChI=1S/C27H31ClF2N2O8S2/c28-20-6-2-15(26(35)31-18-5-7-21(29)22(30)13-18)10-24(20)42(39,40)19-11-16-3-4-17(12-19)27(16,36)25(34)23(33)14-32-8-1-9-41(32,37)38/h2,5-7,10,13,16-17,19,23,25,33-34,36H,1,3-4,8-9,11-12,14H2,(H,31,35)/t16-,17?,19-,23?,25?,27-/m0/s1. The van der Waals surface area contributed by atoms with E-state index in [4.69, 9.17) is 11.6 Å². The third kappa shape index (κ3) is 5.58. The Labute approximate surface area is 247 Å². The van der Waals surface area contributed by atoms with Crippen molar-refractivity contribution in [1.29, 1.82) is 0 Å². The van der Waals surface area contributed by atoms with Crippen LogP contribution in [0.5, 0.6) is 0 Å². The first-order chi connectivity index (χ1) is 19.6. The highest BCUT2D eigenvalue weighted by Crippen LogP contribution is 2.54. The molecule has 230 valence electrons. The number of carbonyl (C=O) groups is 1. The molecule has 2 bridgehead atoms. The number of nitrogens with zero attached hydrogens (tertiary/aromatic N) is 1. The summed E-state index contributed by atoms with van der Waals surface area (Å²) >= 11 is 6.27. The molecule has 3 unspecified atom stereocenters. The number of hydrogen-bond acceptors (Lipinski definition) is 8. The number of amides is 1. The van der Waals surface area contributed by atoms with Crippen LogP contribution in [0.1, 0.15) is 42.5 Å². The van der Waals surface area contributed by atoms with E-state index >= 15 is 0 Å². The van der Waals surface area contributed by atoms with E-state index in [1.807, 2.05) is 0 Å². The van der Waals surface area contributed by atoms with Crippen molar-refractivity contribution in [2.75, 3.05) is 24.2 Å². The van der Waals surface area contributed by atoms with Gasteiger partial charge in [0.1, 0.15) is 6.10 Å². The molecule has 2 aliphatic carbocycles. The van der Waals surface area contributed by atoms with Crippen LogP contribution >= 0.6 is 11.6 Å². The highest BCUT2D eigenvalue weighted by atomic mass is 35.5. The van der Waals surface area contributed by atoms with Crippen LogP contribution < -0.4 is 5.32 Å². The number of anilines is 1. The minimum Gasteiger partial charge on any atom is -0.389 e. The number of sulfone groups is 1. The zero-order valence-corrected chi connectivity index (χ0v) is 24.7. The Balaban J connectivity index is 1.33. The van der Waals surface area contributed by atoms with Gasteiger partial charge in [-0.2, -0.15) is 4.31 Å². The molecule has 2 aromatic carbocycles. The van der Waals surface area contributed by atoms with Gasteiger partial charge >= 0.3 is 0 Å². The van der Waals surface area contributed by atoms with Gasteiger partial charge in [-0.05, 0) is 74.3 Å². The molecule has 1 aliphatic heterocycles. The van der Waals surface area contributed by atoms with Crippen molar-refractivity contribution in [3.8, 4) is 0 Å². The minimum absolute atomic E-state index is 0.0375. The fraction of sp³-hybridized carbons (Fsp3) is 0.519. The summed E-state index contributed by atoms with van der Waals surface area (Å²) in [6.07, 6.45) is -2.19. The van der Waals surface area contributed by atoms with Crippen LogP contribution in [0.3, 0.4) is 0 Å². The number of benzene rings is 2. The fourth-order valence-electron chi connectivity index (χ4n) is 6.61. The average molecular weight is 649 g/mol. The zero-order valence-electron chi connectivity index (χ0n) is 22.3. The SMILES string of the molecule is O=C(Nc1ccc(F)c(F)c1)c1ccc(Cl)c(S(=O)(=O)[C@@H]2CC3CC[C@@H](C2)[C@@]3(O)C(O)C(O)CN2CCCS2(=O)=O)c1. The molecule has 1 saturated heterocycles. The average Bonchev–Trinajstić information content (AvgIpc) is 3.31. The van der Waals surface area contributed by atoms with Gasteiger partial charge in [0.2, 0.25) is 10.0 Å². The maximum Gasteiger partial charge on any atom is 0.255 e. The largest absolute Gasteiger partial charge is 0.389 e. The predicted molar refractivity (Wildman–Crippen MR) is 149 cm³/mol. The lowest BCUT2D eigenvalue weighted by Gasteiger charge is -2.46. The molecule has 3 aliphatic rings. The maximum absolute atomic E-state index is 13.8. The van der Waals surface area contributed by atoms with E-state index in [9.17, 15) is 45.7 Å². The van der Waals surface area contributed by atoms with Gasteiger partial charge in [0, 0.05) is 30.4 Å². The number of fused-ring (bicyclic) bond motifs is 2. The molecule has 0 radical (unpaired) electrons. The third-order valence-corrected chi connectivity index (χ3v) is 13.4. The van der Waals surface area contributed by atoms with Crippen LogP contribution in [0.4, 0.5) is 14.5 Å². The second-order valence-electron chi connectivity index (χ2n) is 11.3. The summed E-state index contributed by atoms with van der Waals surface area (Å²) in [6.45, 7) is -0.168. The Morgan fingerprint density at radius 2 is 1.76 bits per heavy atom. The highest BCUT2D eigenvalue weighted by Gasteiger charge is 2.60. The number of nitrogens with one attached hydrogen (secondary N) is 1. The second-order valence-corrected chi connectivity index (χ2v) is 16.0. The van der Waals surface area contributed by atoms with Crippen LogP contribution in [0.15, 0.2) is 41.3 Å². The lowest BCUT2D eigenvalue weighted by Crippen LogP contribution is -2.60. The molecule has 3 fully saturated rings. The monoisotopic (exact) mass is 648 g/mol. The van der Waals surface area contributed by atoms with Crippen LogP contribution in [0, 0.1) is 23.5 Å². The van der Waals surface area contributed by atoms with Crippen molar-refractivity contribution in [2.24, 2.45) is 11.8 Å². The van der Waals surface area contributed by atoms with Crippen molar-refractivity contribution >= 4 is 43.1 Å². The Hall–Kier alpha value is -2.20. The van der Waals surface area contributed by atoms with E-state index < -0.39 is 72.3 Å². The van der Waals surface area contributed by atoms with Gasteiger partial charge in [-0.15, -0.1) is 0 Å². The van der Waals surface area contributed by atoms with Crippen LogP contribution in [0.2, 0.25) is 5.02 Å². The van der Waals surface area contributed by atoms with Gasteiger partial charge in [-0.3, -0.25) is 4.79 Å². The molecular weight excluding hydrogens is 618 g/mol. The van der Waals surface area contributed by atoms with Crippen molar-refractivity contribution in [1.82, 2.24) is 4.31 Å². The second kappa shape index (κ2) is 11.4. The number of carbonyl (C=O) groups excluding carboxylic acids is 1. The molecule has 5 rings (SSSR count). The molecule has 6 atom stereocenters. The van der Waals surface area contributed by atoms with E-state index in [1.54, 1.807) is 0 Å². The minimum atomic E-state index is -4.15.